The van der Waals surface area contributed by atoms with Gasteiger partial charge >= 0.3 is 12.3 Å². The Morgan fingerprint density at radius 3 is 2.49 bits per heavy atom. The maximum atomic E-state index is 13.1. The van der Waals surface area contributed by atoms with Crippen LogP contribution in [0, 0.1) is 11.3 Å². The first-order chi connectivity index (χ1) is 17.4. The molecule has 0 radical (unpaired) electrons. The number of pyridine rings is 1. The molecule has 0 unspecified atom stereocenters. The molecule has 0 saturated carbocycles. The number of benzene rings is 1. The zero-order chi connectivity index (χ0) is 27.2. The number of alkyl carbamates (subject to hydrolysis) is 1. The van der Waals surface area contributed by atoms with Crippen molar-refractivity contribution in [2.24, 2.45) is 0 Å². The Hall–Kier alpha value is -3.58. The molecule has 1 N–H and O–H groups in total. The summed E-state index contributed by atoms with van der Waals surface area (Å²) in [5.74, 6) is 0.00102. The second-order valence-corrected chi connectivity index (χ2v) is 9.68. The van der Waals surface area contributed by atoms with Crippen LogP contribution in [-0.4, -0.2) is 38.7 Å². The lowest BCUT2D eigenvalue weighted by Gasteiger charge is -2.24. The molecular weight excluding hydrogens is 507 g/mol. The molecule has 0 saturated heterocycles. The lowest BCUT2D eigenvalue weighted by atomic mass is 9.99. The zero-order valence-electron chi connectivity index (χ0n) is 20.6. The minimum Gasteiger partial charge on any atom is -0.444 e. The monoisotopic (exact) mass is 533 g/mol. The van der Waals surface area contributed by atoms with E-state index >= 15 is 0 Å². The maximum Gasteiger partial charge on any atom is 0.407 e. The highest BCUT2D eigenvalue weighted by Crippen LogP contribution is 2.36. The molecule has 11 heteroatoms. The molecule has 3 rings (SSSR count). The van der Waals surface area contributed by atoms with E-state index in [-0.39, 0.29) is 18.8 Å². The van der Waals surface area contributed by atoms with E-state index in [2.05, 4.69) is 16.4 Å². The van der Waals surface area contributed by atoms with E-state index in [9.17, 15) is 23.2 Å². The Bertz CT molecular complexity index is 1260. The van der Waals surface area contributed by atoms with Crippen molar-refractivity contribution < 1.29 is 22.7 Å². The predicted molar refractivity (Wildman–Crippen MR) is 134 cm³/mol. The van der Waals surface area contributed by atoms with E-state index in [4.69, 9.17) is 21.4 Å². The van der Waals surface area contributed by atoms with Crippen molar-refractivity contribution in [3.63, 3.8) is 0 Å². The number of carbonyl (C=O) groups excluding carboxylic acids is 1. The van der Waals surface area contributed by atoms with E-state index in [1.807, 2.05) is 0 Å². The Morgan fingerprint density at radius 1 is 1.19 bits per heavy atom. The molecular formula is C26H27ClF3N5O2. The van der Waals surface area contributed by atoms with Crippen LogP contribution in [0.4, 0.5) is 18.0 Å². The topological polar surface area (TPSA) is 92.8 Å². The molecule has 0 fully saturated rings. The second kappa shape index (κ2) is 11.6. The summed E-state index contributed by atoms with van der Waals surface area (Å²) in [4.78, 5) is 16.5. The van der Waals surface area contributed by atoms with Crippen LogP contribution < -0.4 is 5.32 Å². The summed E-state index contributed by atoms with van der Waals surface area (Å²) in [5.41, 5.74) is 2.72. The molecule has 196 valence electrons. The molecule has 0 spiro atoms. The highest BCUT2D eigenvalue weighted by atomic mass is 35.5. The first-order valence-electron chi connectivity index (χ1n) is 11.5. The van der Waals surface area contributed by atoms with Gasteiger partial charge in [0.25, 0.3) is 0 Å². The van der Waals surface area contributed by atoms with Crippen molar-refractivity contribution in [1.82, 2.24) is 20.1 Å². The number of ether oxygens (including phenoxy) is 1. The Kier molecular flexibility index (Phi) is 8.81. The third kappa shape index (κ3) is 7.95. The standard InChI is InChI=1S/C26H27ClF3N5O2/c1-25(2,3)37-24(36)33-20(7-10-26(28,29)30)16-35-21(14-27)22(18-8-11-32-12-9-18)23(34-35)19-6-4-5-17(13-19)15-31/h4-6,8-9,11-13,20H,7,10,14,16H2,1-3H3,(H,33,36)/t20-/m0/s1. The van der Waals surface area contributed by atoms with Crippen LogP contribution in [0.1, 0.15) is 44.9 Å². The summed E-state index contributed by atoms with van der Waals surface area (Å²) in [6, 6.07) is 11.5. The lowest BCUT2D eigenvalue weighted by molar-refractivity contribution is -0.136. The first kappa shape index (κ1) is 28.0. The average Bonchev–Trinajstić information content (AvgIpc) is 3.19. The van der Waals surface area contributed by atoms with Crippen molar-refractivity contribution in [3.05, 3.63) is 60.0 Å². The van der Waals surface area contributed by atoms with Gasteiger partial charge in [0.1, 0.15) is 11.3 Å². The molecule has 1 atom stereocenters. The van der Waals surface area contributed by atoms with Gasteiger partial charge in [-0.05, 0) is 57.0 Å². The maximum absolute atomic E-state index is 13.1. The van der Waals surface area contributed by atoms with Crippen molar-refractivity contribution in [3.8, 4) is 28.5 Å². The van der Waals surface area contributed by atoms with Crippen molar-refractivity contribution in [2.45, 2.75) is 63.9 Å². The van der Waals surface area contributed by atoms with Crippen LogP contribution in [0.5, 0.6) is 0 Å². The number of hydrogen-bond acceptors (Lipinski definition) is 5. The highest BCUT2D eigenvalue weighted by Gasteiger charge is 2.31. The van der Waals surface area contributed by atoms with E-state index in [0.29, 0.717) is 28.1 Å². The summed E-state index contributed by atoms with van der Waals surface area (Å²) in [6.45, 7) is 4.92. The number of amides is 1. The third-order valence-corrected chi connectivity index (χ3v) is 5.56. The van der Waals surface area contributed by atoms with Gasteiger partial charge in [-0.25, -0.2) is 4.79 Å². The minimum absolute atomic E-state index is 0.00102. The van der Waals surface area contributed by atoms with Gasteiger partial charge < -0.3 is 10.1 Å². The van der Waals surface area contributed by atoms with Crippen molar-refractivity contribution in [1.29, 1.82) is 5.26 Å². The number of nitrogens with one attached hydrogen (secondary N) is 1. The zero-order valence-corrected chi connectivity index (χ0v) is 21.4. The number of alkyl halides is 4. The van der Waals surface area contributed by atoms with Crippen LogP contribution in [0.25, 0.3) is 22.4 Å². The van der Waals surface area contributed by atoms with Gasteiger partial charge in [-0.2, -0.15) is 23.5 Å². The van der Waals surface area contributed by atoms with Crippen molar-refractivity contribution in [2.75, 3.05) is 0 Å². The van der Waals surface area contributed by atoms with Crippen LogP contribution in [0.3, 0.4) is 0 Å². The average molecular weight is 534 g/mol. The quantitative estimate of drug-likeness (QED) is 0.335. The Balaban J connectivity index is 2.07. The normalized spacial score (nSPS) is 12.6. The van der Waals surface area contributed by atoms with Crippen LogP contribution in [-0.2, 0) is 17.2 Å². The number of nitriles is 1. The van der Waals surface area contributed by atoms with Crippen LogP contribution >= 0.6 is 11.6 Å². The summed E-state index contributed by atoms with van der Waals surface area (Å²) in [6.07, 6.45) is -3.49. The number of hydrogen-bond donors (Lipinski definition) is 1. The fourth-order valence-corrected chi connectivity index (χ4v) is 4.05. The van der Waals surface area contributed by atoms with Gasteiger partial charge in [0.2, 0.25) is 0 Å². The van der Waals surface area contributed by atoms with Gasteiger partial charge in [-0.3, -0.25) is 9.67 Å². The molecule has 7 nitrogen and oxygen atoms in total. The SMILES string of the molecule is CC(C)(C)OC(=O)N[C@@H](CCC(F)(F)F)Cn1nc(-c2cccc(C#N)c2)c(-c2ccncc2)c1CCl. The number of rotatable bonds is 8. The number of aromatic nitrogens is 3. The smallest absolute Gasteiger partial charge is 0.407 e. The predicted octanol–water partition coefficient (Wildman–Crippen LogP) is 6.46. The van der Waals surface area contributed by atoms with Gasteiger partial charge in [-0.1, -0.05) is 12.1 Å². The Morgan fingerprint density at radius 2 is 1.89 bits per heavy atom. The molecule has 0 aliphatic heterocycles. The van der Waals surface area contributed by atoms with Crippen molar-refractivity contribution >= 4 is 17.7 Å². The summed E-state index contributed by atoms with van der Waals surface area (Å²) < 4.78 is 46.0. The molecule has 2 heterocycles. The molecule has 0 aliphatic carbocycles. The summed E-state index contributed by atoms with van der Waals surface area (Å²) >= 11 is 6.35. The van der Waals surface area contributed by atoms with E-state index in [1.54, 1.807) is 69.6 Å². The second-order valence-electron chi connectivity index (χ2n) is 9.41. The molecule has 1 aromatic carbocycles. The van der Waals surface area contributed by atoms with Gasteiger partial charge in [0, 0.05) is 29.9 Å². The number of carbonyl (C=O) groups is 1. The Labute approximate surface area is 218 Å². The molecule has 3 aromatic rings. The minimum atomic E-state index is -4.40. The van der Waals surface area contributed by atoms with Gasteiger partial charge in [0.15, 0.2) is 0 Å². The largest absolute Gasteiger partial charge is 0.444 e. The summed E-state index contributed by atoms with van der Waals surface area (Å²) in [7, 11) is 0. The first-order valence-corrected chi connectivity index (χ1v) is 12.1. The van der Waals surface area contributed by atoms with E-state index < -0.39 is 30.3 Å². The molecule has 0 bridgehead atoms. The molecule has 1 amide bonds. The number of nitrogens with zero attached hydrogens (tertiary/aromatic N) is 4. The highest BCUT2D eigenvalue weighted by molar-refractivity contribution is 6.17. The fourth-order valence-electron chi connectivity index (χ4n) is 3.77. The summed E-state index contributed by atoms with van der Waals surface area (Å²) in [5, 5.41) is 16.6. The lowest BCUT2D eigenvalue weighted by Crippen LogP contribution is -2.42. The third-order valence-electron chi connectivity index (χ3n) is 5.31. The molecule has 0 aliphatic rings. The fraction of sp³-hybridized carbons (Fsp3) is 0.385. The number of halogens is 4. The van der Waals surface area contributed by atoms with E-state index in [1.165, 1.54) is 4.68 Å². The van der Waals surface area contributed by atoms with Gasteiger partial charge in [-0.15, -0.1) is 11.6 Å². The van der Waals surface area contributed by atoms with Crippen LogP contribution in [0.15, 0.2) is 48.8 Å². The molecule has 2 aromatic heterocycles. The van der Waals surface area contributed by atoms with E-state index in [0.717, 1.165) is 5.56 Å². The van der Waals surface area contributed by atoms with Crippen LogP contribution in [0.2, 0.25) is 0 Å². The molecule has 37 heavy (non-hydrogen) atoms. The van der Waals surface area contributed by atoms with Gasteiger partial charge in [0.05, 0.1) is 35.8 Å².